The Morgan fingerprint density at radius 2 is 1.50 bits per heavy atom. The molecule has 2 aromatic rings. The Kier molecular flexibility index (Phi) is 6.60. The molecule has 138 valence electrons. The third-order valence-electron chi connectivity index (χ3n) is 3.85. The van der Waals surface area contributed by atoms with Gasteiger partial charge in [0.15, 0.2) is 11.5 Å². The van der Waals surface area contributed by atoms with Crippen LogP contribution >= 0.6 is 0 Å². The van der Waals surface area contributed by atoms with E-state index in [1.165, 1.54) is 7.11 Å². The molecule has 0 spiro atoms. The average molecular weight is 356 g/mol. The summed E-state index contributed by atoms with van der Waals surface area (Å²) < 4.78 is 10.6. The number of hydrogen-bond donors (Lipinski definition) is 2. The van der Waals surface area contributed by atoms with Crippen molar-refractivity contribution in [2.24, 2.45) is 0 Å². The number of carbonyl (C=O) groups excluding carboxylic acids is 2. The van der Waals surface area contributed by atoms with Crippen LogP contribution in [0.1, 0.15) is 53.0 Å². The van der Waals surface area contributed by atoms with E-state index in [0.717, 1.165) is 5.56 Å². The number of hydrazine groups is 1. The zero-order chi connectivity index (χ0) is 19.1. The average Bonchev–Trinajstić information content (AvgIpc) is 2.66. The lowest BCUT2D eigenvalue weighted by atomic mass is 10.0. The molecule has 0 saturated carbocycles. The number of ether oxygens (including phenoxy) is 2. The van der Waals surface area contributed by atoms with Gasteiger partial charge in [-0.1, -0.05) is 26.0 Å². The first kappa shape index (κ1) is 19.3. The summed E-state index contributed by atoms with van der Waals surface area (Å²) in [5, 5.41) is 0. The first-order chi connectivity index (χ1) is 12.5. The number of carbonyl (C=O) groups is 2. The third kappa shape index (κ3) is 4.75. The maximum Gasteiger partial charge on any atom is 0.269 e. The van der Waals surface area contributed by atoms with Gasteiger partial charge in [-0.3, -0.25) is 20.4 Å². The van der Waals surface area contributed by atoms with E-state index in [0.29, 0.717) is 35.2 Å². The van der Waals surface area contributed by atoms with Crippen molar-refractivity contribution in [3.05, 3.63) is 59.2 Å². The Balaban J connectivity index is 2.00. The van der Waals surface area contributed by atoms with Crippen LogP contribution in [-0.2, 0) is 0 Å². The number of benzene rings is 2. The molecule has 0 atom stereocenters. The van der Waals surface area contributed by atoms with Gasteiger partial charge in [0, 0.05) is 11.1 Å². The monoisotopic (exact) mass is 356 g/mol. The molecular formula is C20H24N2O4. The summed E-state index contributed by atoms with van der Waals surface area (Å²) in [7, 11) is 1.50. The first-order valence-corrected chi connectivity index (χ1v) is 8.47. The van der Waals surface area contributed by atoms with Crippen LogP contribution in [-0.4, -0.2) is 25.5 Å². The van der Waals surface area contributed by atoms with E-state index < -0.39 is 5.91 Å². The van der Waals surface area contributed by atoms with Crippen molar-refractivity contribution < 1.29 is 19.1 Å². The van der Waals surface area contributed by atoms with Crippen LogP contribution in [0.2, 0.25) is 0 Å². The van der Waals surface area contributed by atoms with Crippen molar-refractivity contribution in [3.63, 3.8) is 0 Å². The van der Waals surface area contributed by atoms with Gasteiger partial charge < -0.3 is 9.47 Å². The van der Waals surface area contributed by atoms with Crippen molar-refractivity contribution >= 4 is 11.8 Å². The predicted molar refractivity (Wildman–Crippen MR) is 99.6 cm³/mol. The molecule has 0 radical (unpaired) electrons. The van der Waals surface area contributed by atoms with Crippen molar-refractivity contribution in [1.29, 1.82) is 0 Å². The van der Waals surface area contributed by atoms with Crippen LogP contribution in [0.15, 0.2) is 42.5 Å². The van der Waals surface area contributed by atoms with Crippen LogP contribution in [0.4, 0.5) is 0 Å². The van der Waals surface area contributed by atoms with Gasteiger partial charge in [-0.2, -0.15) is 0 Å². The highest BCUT2D eigenvalue weighted by Crippen LogP contribution is 2.27. The van der Waals surface area contributed by atoms with E-state index in [1.54, 1.807) is 30.3 Å². The first-order valence-electron chi connectivity index (χ1n) is 8.47. The lowest BCUT2D eigenvalue weighted by Crippen LogP contribution is -2.41. The lowest BCUT2D eigenvalue weighted by molar-refractivity contribution is 0.0846. The van der Waals surface area contributed by atoms with E-state index in [9.17, 15) is 9.59 Å². The molecule has 0 aromatic heterocycles. The van der Waals surface area contributed by atoms with E-state index in [4.69, 9.17) is 9.47 Å². The molecule has 6 nitrogen and oxygen atoms in total. The summed E-state index contributed by atoms with van der Waals surface area (Å²) in [6.45, 7) is 6.53. The highest BCUT2D eigenvalue weighted by molar-refractivity contribution is 5.99. The largest absolute Gasteiger partial charge is 0.493 e. The standard InChI is InChI=1S/C20H24N2O4/c1-5-26-17-11-10-16(12-18(17)25-4)20(24)22-21-19(23)15-8-6-14(7-9-15)13(2)3/h6-13H,5H2,1-4H3,(H,21,23)(H,22,24). The normalized spacial score (nSPS) is 10.3. The summed E-state index contributed by atoms with van der Waals surface area (Å²) in [6.07, 6.45) is 0. The fourth-order valence-corrected chi connectivity index (χ4v) is 2.36. The molecule has 2 amide bonds. The highest BCUT2D eigenvalue weighted by Gasteiger charge is 2.13. The molecule has 26 heavy (non-hydrogen) atoms. The molecule has 6 heteroatoms. The number of nitrogens with one attached hydrogen (secondary N) is 2. The number of hydrogen-bond acceptors (Lipinski definition) is 4. The molecule has 2 aromatic carbocycles. The molecule has 2 rings (SSSR count). The Morgan fingerprint density at radius 1 is 0.923 bits per heavy atom. The molecule has 0 aliphatic carbocycles. The van der Waals surface area contributed by atoms with Crippen LogP contribution < -0.4 is 20.3 Å². The number of methoxy groups -OCH3 is 1. The molecule has 0 bridgehead atoms. The molecule has 0 fully saturated rings. The van der Waals surface area contributed by atoms with Crippen molar-refractivity contribution in [2.45, 2.75) is 26.7 Å². The fraction of sp³-hybridized carbons (Fsp3) is 0.300. The third-order valence-corrected chi connectivity index (χ3v) is 3.85. The summed E-state index contributed by atoms with van der Waals surface area (Å²) >= 11 is 0. The quantitative estimate of drug-likeness (QED) is 0.779. The van der Waals surface area contributed by atoms with E-state index >= 15 is 0 Å². The topological polar surface area (TPSA) is 76.7 Å². The molecule has 0 unspecified atom stereocenters. The van der Waals surface area contributed by atoms with Crippen molar-refractivity contribution in [3.8, 4) is 11.5 Å². The molecule has 2 N–H and O–H groups in total. The maximum atomic E-state index is 12.2. The molecule has 0 aliphatic rings. The van der Waals surface area contributed by atoms with Gasteiger partial charge in [-0.05, 0) is 48.7 Å². The molecular weight excluding hydrogens is 332 g/mol. The molecule has 0 heterocycles. The number of amides is 2. The van der Waals surface area contributed by atoms with Gasteiger partial charge >= 0.3 is 0 Å². The molecule has 0 aliphatic heterocycles. The highest BCUT2D eigenvalue weighted by atomic mass is 16.5. The fourth-order valence-electron chi connectivity index (χ4n) is 2.36. The van der Waals surface area contributed by atoms with Gasteiger partial charge in [0.25, 0.3) is 11.8 Å². The smallest absolute Gasteiger partial charge is 0.269 e. The second-order valence-corrected chi connectivity index (χ2v) is 5.98. The van der Waals surface area contributed by atoms with Gasteiger partial charge in [0.1, 0.15) is 0 Å². The SMILES string of the molecule is CCOc1ccc(C(=O)NNC(=O)c2ccc(C(C)C)cc2)cc1OC. The molecule has 0 saturated heterocycles. The van der Waals surface area contributed by atoms with Gasteiger partial charge in [0.05, 0.1) is 13.7 Å². The summed E-state index contributed by atoms with van der Waals surface area (Å²) in [5.41, 5.74) is 6.78. The minimum absolute atomic E-state index is 0.348. The Hall–Kier alpha value is -3.02. The minimum atomic E-state index is -0.446. The summed E-state index contributed by atoms with van der Waals surface area (Å²) in [5.74, 6) is 0.572. The van der Waals surface area contributed by atoms with Crippen LogP contribution in [0.25, 0.3) is 0 Å². The summed E-state index contributed by atoms with van der Waals surface area (Å²) in [6, 6.07) is 12.1. The van der Waals surface area contributed by atoms with E-state index in [1.807, 2.05) is 19.1 Å². The van der Waals surface area contributed by atoms with Crippen molar-refractivity contribution in [2.75, 3.05) is 13.7 Å². The van der Waals surface area contributed by atoms with Gasteiger partial charge in [-0.15, -0.1) is 0 Å². The van der Waals surface area contributed by atoms with Crippen LogP contribution in [0, 0.1) is 0 Å². The second kappa shape index (κ2) is 8.89. The van der Waals surface area contributed by atoms with Crippen LogP contribution in [0.3, 0.4) is 0 Å². The number of rotatable bonds is 6. The van der Waals surface area contributed by atoms with E-state index in [-0.39, 0.29) is 5.91 Å². The minimum Gasteiger partial charge on any atom is -0.493 e. The Bertz CT molecular complexity index is 770. The summed E-state index contributed by atoms with van der Waals surface area (Å²) in [4.78, 5) is 24.4. The van der Waals surface area contributed by atoms with Gasteiger partial charge in [-0.25, -0.2) is 0 Å². The Labute approximate surface area is 153 Å². The zero-order valence-electron chi connectivity index (χ0n) is 15.5. The Morgan fingerprint density at radius 3 is 2.04 bits per heavy atom. The van der Waals surface area contributed by atoms with Gasteiger partial charge in [0.2, 0.25) is 0 Å². The van der Waals surface area contributed by atoms with Crippen LogP contribution in [0.5, 0.6) is 11.5 Å². The lowest BCUT2D eigenvalue weighted by Gasteiger charge is -2.12. The second-order valence-electron chi connectivity index (χ2n) is 5.98. The van der Waals surface area contributed by atoms with Crippen molar-refractivity contribution in [1.82, 2.24) is 10.9 Å². The van der Waals surface area contributed by atoms with E-state index in [2.05, 4.69) is 24.7 Å². The zero-order valence-corrected chi connectivity index (χ0v) is 15.5. The predicted octanol–water partition coefficient (Wildman–Crippen LogP) is 3.29. The maximum absolute atomic E-state index is 12.2.